The molecule has 0 aromatic heterocycles. The summed E-state index contributed by atoms with van der Waals surface area (Å²) in [5, 5.41) is 6.52. The molecular weight excluding hydrogens is 560 g/mol. The Hall–Kier alpha value is -4.92. The fourth-order valence-corrected chi connectivity index (χ4v) is 6.25. The van der Waals surface area contributed by atoms with Gasteiger partial charge in [-0.1, -0.05) is 30.3 Å². The van der Waals surface area contributed by atoms with Crippen LogP contribution >= 0.6 is 0 Å². The van der Waals surface area contributed by atoms with Gasteiger partial charge in [0.25, 0.3) is 5.91 Å². The predicted octanol–water partition coefficient (Wildman–Crippen LogP) is 6.04. The van der Waals surface area contributed by atoms with Crippen LogP contribution in [-0.4, -0.2) is 47.2 Å². The molecule has 230 valence electrons. The molecule has 0 radical (unpaired) electrons. The number of aryl methyl sites for hydroxylation is 1. The minimum Gasteiger partial charge on any atom is -0.493 e. The molecular formula is C35H38N2O7. The van der Waals surface area contributed by atoms with E-state index in [0.717, 1.165) is 16.8 Å². The number of benzene rings is 3. The second-order valence-electron chi connectivity index (χ2n) is 10.8. The first kappa shape index (κ1) is 30.5. The second-order valence-corrected chi connectivity index (χ2v) is 10.8. The molecule has 1 heterocycles. The van der Waals surface area contributed by atoms with Crippen molar-refractivity contribution in [3.8, 4) is 28.7 Å². The molecule has 9 nitrogen and oxygen atoms in total. The molecule has 3 aromatic carbocycles. The van der Waals surface area contributed by atoms with Crippen LogP contribution in [0.1, 0.15) is 48.3 Å². The Labute approximate surface area is 257 Å². The summed E-state index contributed by atoms with van der Waals surface area (Å²) >= 11 is 0. The molecule has 2 unspecified atom stereocenters. The van der Waals surface area contributed by atoms with Gasteiger partial charge >= 0.3 is 0 Å². The monoisotopic (exact) mass is 598 g/mol. The van der Waals surface area contributed by atoms with Gasteiger partial charge in [0.15, 0.2) is 28.8 Å². The molecule has 2 aliphatic rings. The fraction of sp³-hybridized carbons (Fsp3) is 0.314. The smallest absolute Gasteiger partial charge is 0.254 e. The maximum absolute atomic E-state index is 14.2. The standard InChI is InChI=1S/C35H38N2O7/c1-19-10-8-9-11-24(19)37-35(39)30-20(2)36-25-16-22(21-12-14-27(40-3)29(18-21)42-5)17-26(38)32(25)31(30)23-13-15-28(41-4)34(44-7)33(23)43-6/h8-15,18,22,31,36H,16-17H2,1-7H3,(H,37,39). The molecule has 0 saturated carbocycles. The number of ether oxygens (including phenoxy) is 5. The largest absolute Gasteiger partial charge is 0.493 e. The number of Topliss-reactive ketones (excluding diaryl/α,β-unsaturated/α-hetero) is 1. The van der Waals surface area contributed by atoms with E-state index in [9.17, 15) is 9.59 Å². The third-order valence-electron chi connectivity index (χ3n) is 8.39. The topological polar surface area (TPSA) is 104 Å². The zero-order valence-corrected chi connectivity index (χ0v) is 26.1. The summed E-state index contributed by atoms with van der Waals surface area (Å²) in [5.74, 6) is 1.30. The van der Waals surface area contributed by atoms with E-state index in [1.807, 2.05) is 62.4 Å². The molecule has 9 heteroatoms. The Balaban J connectivity index is 1.65. The van der Waals surface area contributed by atoms with Gasteiger partial charge in [0.2, 0.25) is 5.75 Å². The maximum atomic E-state index is 14.2. The number of para-hydroxylation sites is 1. The molecule has 2 atom stereocenters. The zero-order chi connectivity index (χ0) is 31.5. The van der Waals surface area contributed by atoms with Crippen LogP contribution in [0.3, 0.4) is 0 Å². The normalized spacial score (nSPS) is 17.8. The summed E-state index contributed by atoms with van der Waals surface area (Å²) in [4.78, 5) is 28.4. The number of allylic oxidation sites excluding steroid dienone is 3. The van der Waals surface area contributed by atoms with Crippen molar-refractivity contribution in [1.29, 1.82) is 0 Å². The number of carbonyl (C=O) groups is 2. The molecule has 1 amide bonds. The first-order valence-electron chi connectivity index (χ1n) is 14.4. The molecule has 44 heavy (non-hydrogen) atoms. The molecule has 0 saturated heterocycles. The average Bonchev–Trinajstić information content (AvgIpc) is 3.03. The summed E-state index contributed by atoms with van der Waals surface area (Å²) in [6.07, 6.45) is 0.820. The molecule has 5 rings (SSSR count). The molecule has 2 N–H and O–H groups in total. The molecule has 0 fully saturated rings. The first-order chi connectivity index (χ1) is 21.3. The summed E-state index contributed by atoms with van der Waals surface area (Å²) in [7, 11) is 7.80. The van der Waals surface area contributed by atoms with Crippen molar-refractivity contribution in [2.75, 3.05) is 40.9 Å². The highest BCUT2D eigenvalue weighted by Gasteiger charge is 2.43. The van der Waals surface area contributed by atoms with Gasteiger partial charge < -0.3 is 34.3 Å². The zero-order valence-electron chi connectivity index (χ0n) is 26.1. The Morgan fingerprint density at radius 2 is 1.48 bits per heavy atom. The number of carbonyl (C=O) groups excluding carboxylic acids is 2. The Kier molecular flexibility index (Phi) is 8.85. The van der Waals surface area contributed by atoms with Crippen molar-refractivity contribution in [2.45, 2.75) is 38.5 Å². The lowest BCUT2D eigenvalue weighted by Gasteiger charge is -2.37. The van der Waals surface area contributed by atoms with Gasteiger partial charge in [-0.05, 0) is 61.6 Å². The van der Waals surface area contributed by atoms with E-state index in [0.29, 0.717) is 63.3 Å². The third-order valence-corrected chi connectivity index (χ3v) is 8.39. The SMILES string of the molecule is COc1ccc(C2CC(=O)C3=C(C2)NC(C)=C(C(=O)Nc2ccccc2C)C3c2ccc(OC)c(OC)c2OC)cc1OC. The highest BCUT2D eigenvalue weighted by molar-refractivity contribution is 6.10. The van der Waals surface area contributed by atoms with Crippen LogP contribution in [-0.2, 0) is 9.59 Å². The van der Waals surface area contributed by atoms with Crippen LogP contribution in [0, 0.1) is 6.92 Å². The lowest BCUT2D eigenvalue weighted by atomic mass is 9.71. The summed E-state index contributed by atoms with van der Waals surface area (Å²) < 4.78 is 28.0. The quantitative estimate of drug-likeness (QED) is 0.307. The summed E-state index contributed by atoms with van der Waals surface area (Å²) in [6.45, 7) is 3.80. The molecule has 0 bridgehead atoms. The highest BCUT2D eigenvalue weighted by atomic mass is 16.5. The van der Waals surface area contributed by atoms with Crippen LogP contribution in [0.15, 0.2) is 77.1 Å². The van der Waals surface area contributed by atoms with Crippen LogP contribution in [0.5, 0.6) is 28.7 Å². The van der Waals surface area contributed by atoms with E-state index < -0.39 is 5.92 Å². The molecule has 0 spiro atoms. The Morgan fingerprint density at radius 3 is 2.14 bits per heavy atom. The number of hydrogen-bond donors (Lipinski definition) is 2. The van der Waals surface area contributed by atoms with Gasteiger partial charge in [-0.25, -0.2) is 0 Å². The maximum Gasteiger partial charge on any atom is 0.254 e. The highest BCUT2D eigenvalue weighted by Crippen LogP contribution is 2.51. The molecule has 1 aliphatic carbocycles. The predicted molar refractivity (Wildman–Crippen MR) is 168 cm³/mol. The van der Waals surface area contributed by atoms with Crippen molar-refractivity contribution in [3.63, 3.8) is 0 Å². The van der Waals surface area contributed by atoms with Gasteiger partial charge in [-0.3, -0.25) is 9.59 Å². The minimum absolute atomic E-state index is 0.0611. The van der Waals surface area contributed by atoms with E-state index in [4.69, 9.17) is 23.7 Å². The number of amides is 1. The lowest BCUT2D eigenvalue weighted by molar-refractivity contribution is -0.116. The number of hydrogen-bond acceptors (Lipinski definition) is 8. The fourth-order valence-electron chi connectivity index (χ4n) is 6.25. The molecule has 1 aliphatic heterocycles. The van der Waals surface area contributed by atoms with Crippen molar-refractivity contribution in [2.24, 2.45) is 0 Å². The van der Waals surface area contributed by atoms with Gasteiger partial charge in [0.05, 0.1) is 41.5 Å². The minimum atomic E-state index is -0.719. The van der Waals surface area contributed by atoms with Gasteiger partial charge in [-0.15, -0.1) is 0 Å². The van der Waals surface area contributed by atoms with Crippen molar-refractivity contribution in [1.82, 2.24) is 5.32 Å². The van der Waals surface area contributed by atoms with Crippen LogP contribution < -0.4 is 34.3 Å². The number of methoxy groups -OCH3 is 5. The van der Waals surface area contributed by atoms with E-state index in [-0.39, 0.29) is 24.0 Å². The Morgan fingerprint density at radius 1 is 0.795 bits per heavy atom. The third kappa shape index (κ3) is 5.45. The van der Waals surface area contributed by atoms with Crippen molar-refractivity contribution < 1.29 is 33.3 Å². The summed E-state index contributed by atoms with van der Waals surface area (Å²) in [5.41, 5.74) is 5.60. The molecule has 3 aromatic rings. The van der Waals surface area contributed by atoms with Crippen LogP contribution in [0.4, 0.5) is 5.69 Å². The van der Waals surface area contributed by atoms with Crippen LogP contribution in [0.2, 0.25) is 0 Å². The first-order valence-corrected chi connectivity index (χ1v) is 14.4. The number of ketones is 1. The van der Waals surface area contributed by atoms with E-state index in [2.05, 4.69) is 10.6 Å². The van der Waals surface area contributed by atoms with E-state index in [1.54, 1.807) is 27.4 Å². The average molecular weight is 599 g/mol. The number of rotatable bonds is 9. The number of dihydropyridines is 1. The van der Waals surface area contributed by atoms with E-state index in [1.165, 1.54) is 14.2 Å². The van der Waals surface area contributed by atoms with E-state index >= 15 is 0 Å². The lowest BCUT2D eigenvalue weighted by Crippen LogP contribution is -2.37. The van der Waals surface area contributed by atoms with Crippen molar-refractivity contribution >= 4 is 17.4 Å². The second kappa shape index (κ2) is 12.8. The van der Waals surface area contributed by atoms with Gasteiger partial charge in [0, 0.05) is 40.2 Å². The van der Waals surface area contributed by atoms with Gasteiger partial charge in [0.1, 0.15) is 0 Å². The number of anilines is 1. The Bertz CT molecular complexity index is 1670. The van der Waals surface area contributed by atoms with Crippen LogP contribution in [0.25, 0.3) is 0 Å². The number of nitrogens with one attached hydrogen (secondary N) is 2. The van der Waals surface area contributed by atoms with Gasteiger partial charge in [-0.2, -0.15) is 0 Å². The van der Waals surface area contributed by atoms with Crippen molar-refractivity contribution in [3.05, 3.63) is 93.8 Å². The summed E-state index contributed by atoms with van der Waals surface area (Å²) in [6, 6.07) is 16.9.